The molecule has 1 atom stereocenters. The van der Waals surface area contributed by atoms with Crippen molar-refractivity contribution in [3.8, 4) is 0 Å². The van der Waals surface area contributed by atoms with E-state index in [0.717, 1.165) is 31.2 Å². The first kappa shape index (κ1) is 15.0. The third kappa shape index (κ3) is 3.60. The smallest absolute Gasteiger partial charge is 0.252 e. The van der Waals surface area contributed by atoms with Gasteiger partial charge >= 0.3 is 0 Å². The fraction of sp³-hybridized carbons (Fsp3) is 0.600. The van der Waals surface area contributed by atoms with E-state index in [9.17, 15) is 9.59 Å². The van der Waals surface area contributed by atoms with Crippen LogP contribution in [0.1, 0.15) is 47.5 Å². The van der Waals surface area contributed by atoms with Crippen molar-refractivity contribution >= 4 is 23.2 Å². The third-order valence-electron chi connectivity index (χ3n) is 3.63. The van der Waals surface area contributed by atoms with Crippen LogP contribution in [0.15, 0.2) is 5.38 Å². The van der Waals surface area contributed by atoms with Gasteiger partial charge in [0, 0.05) is 16.8 Å². The first-order valence-corrected chi connectivity index (χ1v) is 8.14. The Bertz CT molecular complexity index is 496. The lowest BCUT2D eigenvalue weighted by molar-refractivity contribution is -0.120. The van der Waals surface area contributed by atoms with E-state index in [-0.39, 0.29) is 18.4 Å². The van der Waals surface area contributed by atoms with Gasteiger partial charge in [-0.05, 0) is 37.2 Å². The van der Waals surface area contributed by atoms with Crippen LogP contribution in [0.5, 0.6) is 0 Å². The molecule has 4 nitrogen and oxygen atoms in total. The van der Waals surface area contributed by atoms with Gasteiger partial charge in [-0.2, -0.15) is 0 Å². The van der Waals surface area contributed by atoms with Crippen molar-refractivity contribution in [2.45, 2.75) is 39.5 Å². The second kappa shape index (κ2) is 6.88. The van der Waals surface area contributed by atoms with E-state index in [4.69, 9.17) is 0 Å². The highest BCUT2D eigenvalue weighted by atomic mass is 32.1. The van der Waals surface area contributed by atoms with Crippen LogP contribution in [-0.4, -0.2) is 24.9 Å². The van der Waals surface area contributed by atoms with Crippen molar-refractivity contribution in [3.63, 3.8) is 0 Å². The van der Waals surface area contributed by atoms with Crippen LogP contribution in [0.4, 0.5) is 0 Å². The number of nitrogens with one attached hydrogen (secondary N) is 2. The van der Waals surface area contributed by atoms with Gasteiger partial charge in [0.15, 0.2) is 0 Å². The maximum atomic E-state index is 12.2. The molecular formula is C15H22N2O2S. The van der Waals surface area contributed by atoms with Crippen LogP contribution in [-0.2, 0) is 17.6 Å². The third-order valence-corrected chi connectivity index (χ3v) is 4.68. The quantitative estimate of drug-likeness (QED) is 0.874. The van der Waals surface area contributed by atoms with E-state index < -0.39 is 0 Å². The van der Waals surface area contributed by atoms with Crippen molar-refractivity contribution in [1.29, 1.82) is 0 Å². The molecule has 2 rings (SSSR count). The molecule has 1 unspecified atom stereocenters. The minimum Gasteiger partial charge on any atom is -0.355 e. The van der Waals surface area contributed by atoms with Crippen molar-refractivity contribution in [1.82, 2.24) is 10.6 Å². The molecule has 1 aliphatic rings. The van der Waals surface area contributed by atoms with E-state index in [1.54, 1.807) is 11.3 Å². The Hall–Kier alpha value is -1.36. The van der Waals surface area contributed by atoms with Gasteiger partial charge in [0.05, 0.1) is 12.1 Å². The predicted molar refractivity (Wildman–Crippen MR) is 81.1 cm³/mol. The molecule has 1 aromatic rings. The summed E-state index contributed by atoms with van der Waals surface area (Å²) in [5.74, 6) is 0.457. The lowest BCUT2D eigenvalue weighted by Gasteiger charge is -2.18. The first-order chi connectivity index (χ1) is 9.61. The largest absolute Gasteiger partial charge is 0.355 e. The maximum absolute atomic E-state index is 12.2. The molecule has 1 aliphatic carbocycles. The number of rotatable bonds is 5. The zero-order chi connectivity index (χ0) is 14.5. The van der Waals surface area contributed by atoms with E-state index in [0.29, 0.717) is 12.5 Å². The van der Waals surface area contributed by atoms with Gasteiger partial charge in [0.25, 0.3) is 5.91 Å². The molecule has 1 heterocycles. The van der Waals surface area contributed by atoms with Crippen LogP contribution in [0.25, 0.3) is 0 Å². The Balaban J connectivity index is 1.92. The van der Waals surface area contributed by atoms with Crippen molar-refractivity contribution in [3.05, 3.63) is 21.4 Å². The number of carbonyl (C=O) groups excluding carboxylic acids is 2. The summed E-state index contributed by atoms with van der Waals surface area (Å²) in [6, 6.07) is 0. The van der Waals surface area contributed by atoms with E-state index in [2.05, 4.69) is 17.6 Å². The normalized spacial score (nSPS) is 17.4. The fourth-order valence-electron chi connectivity index (χ4n) is 2.45. The molecule has 0 aliphatic heterocycles. The van der Waals surface area contributed by atoms with Gasteiger partial charge < -0.3 is 10.6 Å². The van der Waals surface area contributed by atoms with Crippen LogP contribution in [0.2, 0.25) is 0 Å². The van der Waals surface area contributed by atoms with E-state index in [1.807, 2.05) is 12.3 Å². The molecule has 0 radical (unpaired) electrons. The highest BCUT2D eigenvalue weighted by Crippen LogP contribution is 2.32. The molecule has 0 bridgehead atoms. The fourth-order valence-corrected chi connectivity index (χ4v) is 3.69. The number of hydrogen-bond donors (Lipinski definition) is 2. The first-order valence-electron chi connectivity index (χ1n) is 7.26. The lowest BCUT2D eigenvalue weighted by atomic mass is 9.88. The second-order valence-electron chi connectivity index (χ2n) is 5.43. The molecule has 0 fully saturated rings. The van der Waals surface area contributed by atoms with Gasteiger partial charge in [0.2, 0.25) is 5.91 Å². The van der Waals surface area contributed by atoms with Crippen molar-refractivity contribution in [2.75, 3.05) is 13.1 Å². The molecule has 2 amide bonds. The SMILES string of the molecule is CCCNC(=O)CNC(=O)c1csc2c1CCC(C)C2. The predicted octanol–water partition coefficient (Wildman–Crippen LogP) is 2.13. The number of amides is 2. The number of fused-ring (bicyclic) bond motifs is 1. The summed E-state index contributed by atoms with van der Waals surface area (Å²) >= 11 is 1.67. The second-order valence-corrected chi connectivity index (χ2v) is 6.40. The molecule has 1 aromatic heterocycles. The molecule has 0 aromatic carbocycles. The summed E-state index contributed by atoms with van der Waals surface area (Å²) in [5.41, 5.74) is 1.96. The highest BCUT2D eigenvalue weighted by molar-refractivity contribution is 7.10. The summed E-state index contributed by atoms with van der Waals surface area (Å²) in [7, 11) is 0. The molecule has 2 N–H and O–H groups in total. The average molecular weight is 294 g/mol. The summed E-state index contributed by atoms with van der Waals surface area (Å²) < 4.78 is 0. The number of thiophene rings is 1. The lowest BCUT2D eigenvalue weighted by Crippen LogP contribution is -2.37. The Morgan fingerprint density at radius 1 is 1.40 bits per heavy atom. The van der Waals surface area contributed by atoms with Gasteiger partial charge in [-0.3, -0.25) is 9.59 Å². The Kier molecular flexibility index (Phi) is 5.17. The van der Waals surface area contributed by atoms with Gasteiger partial charge in [-0.1, -0.05) is 13.8 Å². The highest BCUT2D eigenvalue weighted by Gasteiger charge is 2.23. The van der Waals surface area contributed by atoms with Crippen LogP contribution in [0.3, 0.4) is 0 Å². The molecule has 0 spiro atoms. The van der Waals surface area contributed by atoms with Crippen LogP contribution >= 0.6 is 11.3 Å². The summed E-state index contributed by atoms with van der Waals surface area (Å²) in [4.78, 5) is 25.0. The standard InChI is InChI=1S/C15H22N2O2S/c1-3-6-16-14(18)8-17-15(19)12-9-20-13-7-10(2)4-5-11(12)13/h9-10H,3-8H2,1-2H3,(H,16,18)(H,17,19). The Labute approximate surface area is 124 Å². The minimum absolute atomic E-state index is 0.0554. The average Bonchev–Trinajstić information content (AvgIpc) is 2.85. The minimum atomic E-state index is -0.127. The molecule has 20 heavy (non-hydrogen) atoms. The number of carbonyl (C=O) groups is 2. The van der Waals surface area contributed by atoms with Crippen LogP contribution in [0, 0.1) is 5.92 Å². The summed E-state index contributed by atoms with van der Waals surface area (Å²) in [6.45, 7) is 4.96. The molecule has 110 valence electrons. The van der Waals surface area contributed by atoms with Gasteiger partial charge in [-0.15, -0.1) is 11.3 Å². The van der Waals surface area contributed by atoms with Crippen molar-refractivity contribution < 1.29 is 9.59 Å². The summed E-state index contributed by atoms with van der Waals surface area (Å²) in [5, 5.41) is 7.39. The number of hydrogen-bond acceptors (Lipinski definition) is 3. The summed E-state index contributed by atoms with van der Waals surface area (Å²) in [6.07, 6.45) is 4.09. The van der Waals surface area contributed by atoms with E-state index >= 15 is 0 Å². The molecular weight excluding hydrogens is 272 g/mol. The van der Waals surface area contributed by atoms with Gasteiger partial charge in [0.1, 0.15) is 0 Å². The van der Waals surface area contributed by atoms with E-state index in [1.165, 1.54) is 10.4 Å². The zero-order valence-corrected chi connectivity index (χ0v) is 12.9. The molecule has 0 saturated carbocycles. The Morgan fingerprint density at radius 2 is 2.20 bits per heavy atom. The molecule has 0 saturated heterocycles. The topological polar surface area (TPSA) is 58.2 Å². The Morgan fingerprint density at radius 3 is 2.95 bits per heavy atom. The van der Waals surface area contributed by atoms with Crippen molar-refractivity contribution in [2.24, 2.45) is 5.92 Å². The molecule has 5 heteroatoms. The van der Waals surface area contributed by atoms with Gasteiger partial charge in [-0.25, -0.2) is 0 Å². The van der Waals surface area contributed by atoms with Crippen LogP contribution < -0.4 is 10.6 Å². The zero-order valence-electron chi connectivity index (χ0n) is 12.1. The maximum Gasteiger partial charge on any atom is 0.252 e. The monoisotopic (exact) mass is 294 g/mol.